The minimum atomic E-state index is -0.418. The van der Waals surface area contributed by atoms with Gasteiger partial charge in [0, 0.05) is 5.56 Å². The molecule has 0 fully saturated rings. The molecule has 0 unspecified atom stereocenters. The van der Waals surface area contributed by atoms with Crippen molar-refractivity contribution in [3.8, 4) is 5.75 Å². The summed E-state index contributed by atoms with van der Waals surface area (Å²) in [4.78, 5) is 0. The van der Waals surface area contributed by atoms with Gasteiger partial charge in [-0.05, 0) is 43.2 Å². The van der Waals surface area contributed by atoms with Crippen LogP contribution in [-0.2, 0) is 6.61 Å². The predicted octanol–water partition coefficient (Wildman–Crippen LogP) is 4.67. The quantitative estimate of drug-likeness (QED) is 0.782. The Labute approximate surface area is 111 Å². The third kappa shape index (κ3) is 3.02. The fourth-order valence-corrected chi connectivity index (χ4v) is 2.02. The van der Waals surface area contributed by atoms with Crippen molar-refractivity contribution in [2.24, 2.45) is 0 Å². The highest BCUT2D eigenvalue weighted by atomic mass is 35.5. The topological polar surface area (TPSA) is 9.23 Å². The number of halogens is 2. The largest absolute Gasteiger partial charge is 0.489 e. The molecule has 0 saturated heterocycles. The van der Waals surface area contributed by atoms with Gasteiger partial charge in [-0.25, -0.2) is 4.39 Å². The summed E-state index contributed by atoms with van der Waals surface area (Å²) < 4.78 is 18.9. The molecule has 2 aromatic carbocycles. The van der Waals surface area contributed by atoms with Gasteiger partial charge < -0.3 is 4.74 Å². The summed E-state index contributed by atoms with van der Waals surface area (Å²) in [6.07, 6.45) is 0. The zero-order chi connectivity index (χ0) is 13.1. The van der Waals surface area contributed by atoms with E-state index >= 15 is 0 Å². The average Bonchev–Trinajstić information content (AvgIpc) is 2.30. The summed E-state index contributed by atoms with van der Waals surface area (Å²) in [5.41, 5.74) is 2.92. The van der Waals surface area contributed by atoms with Crippen molar-refractivity contribution in [1.82, 2.24) is 0 Å². The maximum absolute atomic E-state index is 13.2. The molecule has 0 aliphatic rings. The average molecular weight is 265 g/mol. The van der Waals surface area contributed by atoms with E-state index in [2.05, 4.69) is 6.07 Å². The molecule has 2 aromatic rings. The lowest BCUT2D eigenvalue weighted by atomic mass is 10.1. The van der Waals surface area contributed by atoms with Gasteiger partial charge in [-0.3, -0.25) is 0 Å². The zero-order valence-electron chi connectivity index (χ0n) is 10.3. The van der Waals surface area contributed by atoms with Crippen LogP contribution in [0.15, 0.2) is 36.4 Å². The van der Waals surface area contributed by atoms with E-state index in [1.54, 1.807) is 12.1 Å². The Kier molecular flexibility index (Phi) is 3.87. The van der Waals surface area contributed by atoms with Crippen LogP contribution in [0.2, 0.25) is 5.02 Å². The second-order valence-electron chi connectivity index (χ2n) is 4.33. The molecule has 94 valence electrons. The van der Waals surface area contributed by atoms with Gasteiger partial charge in [0.15, 0.2) is 0 Å². The van der Waals surface area contributed by atoms with Crippen molar-refractivity contribution >= 4 is 11.6 Å². The second-order valence-corrected chi connectivity index (χ2v) is 4.70. The summed E-state index contributed by atoms with van der Waals surface area (Å²) in [6, 6.07) is 10.7. The van der Waals surface area contributed by atoms with Crippen LogP contribution in [0.3, 0.4) is 0 Å². The summed E-state index contributed by atoms with van der Waals surface area (Å²) in [5, 5.41) is 0.127. The van der Waals surface area contributed by atoms with E-state index in [1.807, 2.05) is 26.0 Å². The smallest absolute Gasteiger partial charge is 0.142 e. The second kappa shape index (κ2) is 5.40. The summed E-state index contributed by atoms with van der Waals surface area (Å²) >= 11 is 5.87. The first-order chi connectivity index (χ1) is 8.56. The van der Waals surface area contributed by atoms with Crippen LogP contribution < -0.4 is 4.74 Å². The Morgan fingerprint density at radius 3 is 2.44 bits per heavy atom. The molecule has 1 nitrogen and oxygen atoms in total. The van der Waals surface area contributed by atoms with Crippen molar-refractivity contribution in [2.75, 3.05) is 0 Å². The van der Waals surface area contributed by atoms with Crippen LogP contribution in [0.1, 0.15) is 16.7 Å². The van der Waals surface area contributed by atoms with Gasteiger partial charge >= 0.3 is 0 Å². The normalized spacial score (nSPS) is 10.4. The number of ether oxygens (including phenoxy) is 1. The van der Waals surface area contributed by atoms with Gasteiger partial charge in [0.05, 0.1) is 5.02 Å². The van der Waals surface area contributed by atoms with Crippen molar-refractivity contribution in [3.63, 3.8) is 0 Å². The Hall–Kier alpha value is -1.54. The highest BCUT2D eigenvalue weighted by Gasteiger charge is 2.06. The van der Waals surface area contributed by atoms with Gasteiger partial charge in [-0.1, -0.05) is 29.8 Å². The van der Waals surface area contributed by atoms with Crippen LogP contribution >= 0.6 is 11.6 Å². The number of hydrogen-bond donors (Lipinski definition) is 0. The summed E-state index contributed by atoms with van der Waals surface area (Å²) in [6.45, 7) is 4.28. The van der Waals surface area contributed by atoms with Crippen LogP contribution in [0, 0.1) is 19.7 Å². The molecule has 0 heterocycles. The summed E-state index contributed by atoms with van der Waals surface area (Å²) in [7, 11) is 0. The van der Waals surface area contributed by atoms with Crippen molar-refractivity contribution in [3.05, 3.63) is 63.9 Å². The van der Waals surface area contributed by atoms with Crippen LogP contribution in [0.5, 0.6) is 5.75 Å². The molecule has 2 rings (SSSR count). The highest BCUT2D eigenvalue weighted by Crippen LogP contribution is 2.22. The van der Waals surface area contributed by atoms with Crippen molar-refractivity contribution in [1.29, 1.82) is 0 Å². The minimum absolute atomic E-state index is 0.127. The molecule has 0 aliphatic heterocycles. The molecule has 3 heteroatoms. The number of rotatable bonds is 3. The highest BCUT2D eigenvalue weighted by molar-refractivity contribution is 6.31. The number of benzene rings is 2. The third-order valence-corrected chi connectivity index (χ3v) is 3.04. The van der Waals surface area contributed by atoms with Gasteiger partial charge in [0.2, 0.25) is 0 Å². The van der Waals surface area contributed by atoms with E-state index in [1.165, 1.54) is 6.07 Å². The van der Waals surface area contributed by atoms with Gasteiger partial charge in [0.1, 0.15) is 18.2 Å². The van der Waals surface area contributed by atoms with E-state index in [0.717, 1.165) is 16.9 Å². The molecule has 0 saturated carbocycles. The molecule has 0 spiro atoms. The maximum Gasteiger partial charge on any atom is 0.142 e. The first-order valence-electron chi connectivity index (χ1n) is 5.70. The Balaban J connectivity index is 2.14. The first-order valence-corrected chi connectivity index (χ1v) is 6.08. The standard InChI is InChI=1S/C15H14ClFO/c1-10-6-11(2)8-13(7-10)18-9-12-4-3-5-14(17)15(12)16/h3-8H,9H2,1-2H3. The fourth-order valence-electron chi connectivity index (χ4n) is 1.84. The Morgan fingerprint density at radius 1 is 1.11 bits per heavy atom. The van der Waals surface area contributed by atoms with E-state index in [-0.39, 0.29) is 11.6 Å². The summed E-state index contributed by atoms with van der Waals surface area (Å²) in [5.74, 6) is 0.353. The lowest BCUT2D eigenvalue weighted by Gasteiger charge is -2.09. The van der Waals surface area contributed by atoms with Crippen molar-refractivity contribution in [2.45, 2.75) is 20.5 Å². The zero-order valence-corrected chi connectivity index (χ0v) is 11.1. The van der Waals surface area contributed by atoms with E-state index in [0.29, 0.717) is 5.56 Å². The maximum atomic E-state index is 13.2. The fraction of sp³-hybridized carbons (Fsp3) is 0.200. The van der Waals surface area contributed by atoms with Crippen molar-refractivity contribution < 1.29 is 9.13 Å². The van der Waals surface area contributed by atoms with Gasteiger partial charge in [-0.15, -0.1) is 0 Å². The predicted molar refractivity (Wildman–Crippen MR) is 71.7 cm³/mol. The van der Waals surface area contributed by atoms with Crippen LogP contribution in [0.25, 0.3) is 0 Å². The van der Waals surface area contributed by atoms with Crippen LogP contribution in [-0.4, -0.2) is 0 Å². The molecule has 18 heavy (non-hydrogen) atoms. The molecule has 0 radical (unpaired) electrons. The molecule has 0 aromatic heterocycles. The van der Waals surface area contributed by atoms with Gasteiger partial charge in [0.25, 0.3) is 0 Å². The Bertz CT molecular complexity index is 546. The molecule has 0 bridgehead atoms. The third-order valence-electron chi connectivity index (χ3n) is 2.62. The first kappa shape index (κ1) is 12.9. The minimum Gasteiger partial charge on any atom is -0.489 e. The SMILES string of the molecule is Cc1cc(C)cc(OCc2cccc(F)c2Cl)c1. The molecule has 0 amide bonds. The van der Waals surface area contributed by atoms with Crippen LogP contribution in [0.4, 0.5) is 4.39 Å². The van der Waals surface area contributed by atoms with Gasteiger partial charge in [-0.2, -0.15) is 0 Å². The number of hydrogen-bond acceptors (Lipinski definition) is 1. The lowest BCUT2D eigenvalue weighted by Crippen LogP contribution is -1.98. The molecule has 0 atom stereocenters. The van der Waals surface area contributed by atoms with E-state index < -0.39 is 5.82 Å². The lowest BCUT2D eigenvalue weighted by molar-refractivity contribution is 0.305. The molecule has 0 aliphatic carbocycles. The van der Waals surface area contributed by atoms with E-state index in [4.69, 9.17) is 16.3 Å². The molecular weight excluding hydrogens is 251 g/mol. The Morgan fingerprint density at radius 2 is 1.78 bits per heavy atom. The monoisotopic (exact) mass is 264 g/mol. The molecular formula is C15H14ClFO. The molecule has 0 N–H and O–H groups in total. The van der Waals surface area contributed by atoms with E-state index in [9.17, 15) is 4.39 Å². The number of aryl methyl sites for hydroxylation is 2.